The van der Waals surface area contributed by atoms with Crippen molar-refractivity contribution in [3.63, 3.8) is 0 Å². The number of carbonyl (C=O) groups excluding carboxylic acids is 3. The van der Waals surface area contributed by atoms with E-state index < -0.39 is 6.10 Å². The third kappa shape index (κ3) is 58.1. The first kappa shape index (κ1) is 68.4. The van der Waals surface area contributed by atoms with Gasteiger partial charge in [0.25, 0.3) is 0 Å². The molecule has 1 unspecified atom stereocenters. The molecule has 0 aromatic carbocycles. The standard InChI is InChI=1S/C65H118O6/c1-4-7-10-13-16-19-22-24-26-28-30-32-34-36-38-40-43-46-49-52-55-58-64(67)70-61-62(60-69-63(66)57-54-51-48-45-42-21-18-15-12-9-6-3)71-65(68)59-56-53-50-47-44-41-39-37-35-33-31-29-27-25-23-20-17-14-11-8-5-2/h22-25,28-31,62H,4-21,26-27,32-61H2,1-3H3/b24-22-,25-23-,30-28-,31-29-. The molecule has 0 aliphatic carbocycles. The monoisotopic (exact) mass is 995 g/mol. The summed E-state index contributed by atoms with van der Waals surface area (Å²) < 4.78 is 16.9. The quantitative estimate of drug-likeness (QED) is 0.0261. The Morgan fingerprint density at radius 2 is 0.507 bits per heavy atom. The largest absolute Gasteiger partial charge is 0.462 e. The maximum absolute atomic E-state index is 12.9. The summed E-state index contributed by atoms with van der Waals surface area (Å²) in [4.78, 5) is 38.2. The number of hydrogen-bond acceptors (Lipinski definition) is 6. The first-order valence-electron chi connectivity index (χ1n) is 31.1. The predicted octanol–water partition coefficient (Wildman–Crippen LogP) is 21.0. The van der Waals surface area contributed by atoms with Gasteiger partial charge < -0.3 is 14.2 Å². The van der Waals surface area contributed by atoms with Gasteiger partial charge >= 0.3 is 17.9 Å². The van der Waals surface area contributed by atoms with Crippen LogP contribution in [-0.2, 0) is 28.6 Å². The Labute approximate surface area is 441 Å². The Bertz CT molecular complexity index is 1230. The average molecular weight is 996 g/mol. The van der Waals surface area contributed by atoms with Crippen molar-refractivity contribution in [3.8, 4) is 0 Å². The van der Waals surface area contributed by atoms with Gasteiger partial charge in [-0.25, -0.2) is 0 Å². The van der Waals surface area contributed by atoms with Crippen molar-refractivity contribution < 1.29 is 28.6 Å². The smallest absolute Gasteiger partial charge is 0.306 e. The molecule has 0 aromatic rings. The Hall–Kier alpha value is -2.63. The highest BCUT2D eigenvalue weighted by atomic mass is 16.6. The maximum atomic E-state index is 12.9. The van der Waals surface area contributed by atoms with E-state index in [0.29, 0.717) is 19.3 Å². The molecule has 0 radical (unpaired) electrons. The van der Waals surface area contributed by atoms with Crippen molar-refractivity contribution in [3.05, 3.63) is 48.6 Å². The fourth-order valence-corrected chi connectivity index (χ4v) is 9.09. The fourth-order valence-electron chi connectivity index (χ4n) is 9.09. The van der Waals surface area contributed by atoms with Crippen LogP contribution in [0.5, 0.6) is 0 Å². The van der Waals surface area contributed by atoms with E-state index in [4.69, 9.17) is 14.2 Å². The van der Waals surface area contributed by atoms with Crippen LogP contribution in [0, 0.1) is 0 Å². The first-order valence-corrected chi connectivity index (χ1v) is 31.1. The summed E-state index contributed by atoms with van der Waals surface area (Å²) in [5, 5.41) is 0. The molecular weight excluding hydrogens is 877 g/mol. The summed E-state index contributed by atoms with van der Waals surface area (Å²) in [6, 6.07) is 0. The van der Waals surface area contributed by atoms with Crippen molar-refractivity contribution >= 4 is 17.9 Å². The Morgan fingerprint density at radius 3 is 0.775 bits per heavy atom. The van der Waals surface area contributed by atoms with Crippen molar-refractivity contribution in [1.82, 2.24) is 0 Å². The minimum Gasteiger partial charge on any atom is -0.462 e. The molecule has 0 rings (SSSR count). The third-order valence-electron chi connectivity index (χ3n) is 13.8. The molecule has 6 heteroatoms. The molecule has 6 nitrogen and oxygen atoms in total. The van der Waals surface area contributed by atoms with Gasteiger partial charge in [-0.1, -0.05) is 275 Å². The molecule has 0 fully saturated rings. The van der Waals surface area contributed by atoms with Gasteiger partial charge in [-0.3, -0.25) is 14.4 Å². The molecule has 0 saturated heterocycles. The number of ether oxygens (including phenoxy) is 3. The second-order valence-corrected chi connectivity index (χ2v) is 21.0. The van der Waals surface area contributed by atoms with E-state index in [1.807, 2.05) is 0 Å². The van der Waals surface area contributed by atoms with Gasteiger partial charge in [0, 0.05) is 19.3 Å². The van der Waals surface area contributed by atoms with Gasteiger partial charge in [0.1, 0.15) is 13.2 Å². The summed E-state index contributed by atoms with van der Waals surface area (Å²) in [5.74, 6) is -0.865. The molecule has 1 atom stereocenters. The van der Waals surface area contributed by atoms with Crippen LogP contribution in [0.3, 0.4) is 0 Å². The summed E-state index contributed by atoms with van der Waals surface area (Å²) in [6.07, 6.45) is 73.9. The van der Waals surface area contributed by atoms with E-state index in [1.54, 1.807) is 0 Å². The fraction of sp³-hybridized carbons (Fsp3) is 0.831. The molecule has 0 aliphatic rings. The molecular formula is C65H118O6. The lowest BCUT2D eigenvalue weighted by molar-refractivity contribution is -0.167. The molecule has 0 saturated carbocycles. The minimum absolute atomic E-state index is 0.0729. The molecule has 0 aromatic heterocycles. The van der Waals surface area contributed by atoms with E-state index in [9.17, 15) is 14.4 Å². The number of esters is 3. The van der Waals surface area contributed by atoms with Gasteiger partial charge in [-0.15, -0.1) is 0 Å². The summed E-state index contributed by atoms with van der Waals surface area (Å²) >= 11 is 0. The van der Waals surface area contributed by atoms with Crippen molar-refractivity contribution in [2.24, 2.45) is 0 Å². The number of carbonyl (C=O) groups is 3. The first-order chi connectivity index (χ1) is 35.0. The molecule has 0 aliphatic heterocycles. The van der Waals surface area contributed by atoms with E-state index in [-0.39, 0.29) is 31.1 Å². The highest BCUT2D eigenvalue weighted by Gasteiger charge is 2.19. The number of allylic oxidation sites excluding steroid dienone is 8. The highest BCUT2D eigenvalue weighted by Crippen LogP contribution is 2.16. The van der Waals surface area contributed by atoms with E-state index >= 15 is 0 Å². The zero-order chi connectivity index (χ0) is 51.4. The molecule has 0 bridgehead atoms. The zero-order valence-corrected chi connectivity index (χ0v) is 47.5. The van der Waals surface area contributed by atoms with Crippen LogP contribution in [0.25, 0.3) is 0 Å². The lowest BCUT2D eigenvalue weighted by atomic mass is 10.1. The van der Waals surface area contributed by atoms with Gasteiger partial charge in [0.05, 0.1) is 0 Å². The van der Waals surface area contributed by atoms with Crippen LogP contribution in [0.4, 0.5) is 0 Å². The second-order valence-electron chi connectivity index (χ2n) is 21.0. The predicted molar refractivity (Wildman–Crippen MR) is 307 cm³/mol. The van der Waals surface area contributed by atoms with Crippen LogP contribution in [-0.4, -0.2) is 37.2 Å². The van der Waals surface area contributed by atoms with E-state index in [0.717, 1.165) is 70.6 Å². The van der Waals surface area contributed by atoms with Gasteiger partial charge in [-0.05, 0) is 83.5 Å². The number of hydrogen-bond donors (Lipinski definition) is 0. The van der Waals surface area contributed by atoms with Crippen molar-refractivity contribution in [1.29, 1.82) is 0 Å². The zero-order valence-electron chi connectivity index (χ0n) is 47.5. The van der Waals surface area contributed by atoms with Gasteiger partial charge in [0.2, 0.25) is 0 Å². The summed E-state index contributed by atoms with van der Waals surface area (Å²) in [5.41, 5.74) is 0. The SMILES string of the molecule is CCCCCCC/C=C\C/C=C\CCCCCCCCCCCC(=O)OCC(COC(=O)CCCCCCCCCCCCC)OC(=O)CCCCCCCCCCC/C=C\C/C=C\CCCCCCC. The van der Waals surface area contributed by atoms with Crippen molar-refractivity contribution in [2.75, 3.05) is 13.2 Å². The van der Waals surface area contributed by atoms with Gasteiger partial charge in [-0.2, -0.15) is 0 Å². The van der Waals surface area contributed by atoms with Crippen LogP contribution >= 0.6 is 0 Å². The summed E-state index contributed by atoms with van der Waals surface area (Å²) in [7, 11) is 0. The normalized spacial score (nSPS) is 12.3. The van der Waals surface area contributed by atoms with Crippen molar-refractivity contribution in [2.45, 2.75) is 335 Å². The molecule has 0 amide bonds. The van der Waals surface area contributed by atoms with Crippen LogP contribution in [0.1, 0.15) is 329 Å². The molecule has 0 N–H and O–H groups in total. The molecule has 0 heterocycles. The molecule has 0 spiro atoms. The molecule has 71 heavy (non-hydrogen) atoms. The maximum Gasteiger partial charge on any atom is 0.306 e. The molecule has 414 valence electrons. The van der Waals surface area contributed by atoms with Crippen LogP contribution in [0.15, 0.2) is 48.6 Å². The third-order valence-corrected chi connectivity index (χ3v) is 13.8. The Morgan fingerprint density at radius 1 is 0.282 bits per heavy atom. The highest BCUT2D eigenvalue weighted by molar-refractivity contribution is 5.71. The minimum atomic E-state index is -0.775. The Balaban J connectivity index is 4.29. The van der Waals surface area contributed by atoms with Crippen LogP contribution in [0.2, 0.25) is 0 Å². The number of unbranched alkanes of at least 4 members (excludes halogenated alkanes) is 38. The topological polar surface area (TPSA) is 78.9 Å². The lowest BCUT2D eigenvalue weighted by Gasteiger charge is -2.18. The number of rotatable bonds is 57. The Kier molecular flexibility index (Phi) is 57.7. The summed E-state index contributed by atoms with van der Waals surface area (Å²) in [6.45, 7) is 6.65. The lowest BCUT2D eigenvalue weighted by Crippen LogP contribution is -2.30. The van der Waals surface area contributed by atoms with Crippen LogP contribution < -0.4 is 0 Å². The average Bonchev–Trinajstić information content (AvgIpc) is 3.37. The second kappa shape index (κ2) is 59.9. The van der Waals surface area contributed by atoms with E-state index in [2.05, 4.69) is 69.4 Å². The van der Waals surface area contributed by atoms with E-state index in [1.165, 1.54) is 218 Å². The van der Waals surface area contributed by atoms with Gasteiger partial charge in [0.15, 0.2) is 6.10 Å².